The first-order chi connectivity index (χ1) is 22.0. The number of carbonyl (C=O) groups is 1. The van der Waals surface area contributed by atoms with E-state index >= 15 is 0 Å². The minimum absolute atomic E-state index is 0.126. The highest BCUT2D eigenvalue weighted by atomic mass is 32.1. The molecular formula is C37H39N3O4S. The van der Waals surface area contributed by atoms with Crippen molar-refractivity contribution in [2.24, 2.45) is 5.73 Å². The van der Waals surface area contributed by atoms with Crippen LogP contribution >= 0.6 is 11.3 Å². The molecule has 0 saturated carbocycles. The minimum Gasteiger partial charge on any atom is -0.508 e. The second-order valence-corrected chi connectivity index (χ2v) is 12.6. The lowest BCUT2D eigenvalue weighted by Gasteiger charge is -2.18. The lowest BCUT2D eigenvalue weighted by atomic mass is 9.97. The molecule has 1 amide bonds. The summed E-state index contributed by atoms with van der Waals surface area (Å²) in [4.78, 5) is 16.3. The zero-order valence-corrected chi connectivity index (χ0v) is 26.3. The molecule has 1 atom stereocenters. The smallest absolute Gasteiger partial charge is 0.243 e. The molecule has 6 rings (SSSR count). The second kappa shape index (κ2) is 14.3. The van der Waals surface area contributed by atoms with Gasteiger partial charge in [-0.15, -0.1) is 11.3 Å². The molecule has 1 aliphatic heterocycles. The average Bonchev–Trinajstić information content (AvgIpc) is 3.70. The van der Waals surface area contributed by atoms with Gasteiger partial charge in [0.15, 0.2) is 0 Å². The van der Waals surface area contributed by atoms with Crippen LogP contribution in [-0.4, -0.2) is 48.8 Å². The Labute approximate surface area is 268 Å². The average molecular weight is 622 g/mol. The Bertz CT molecular complexity index is 1750. The van der Waals surface area contributed by atoms with Crippen LogP contribution in [0.5, 0.6) is 11.5 Å². The van der Waals surface area contributed by atoms with Gasteiger partial charge in [-0.2, -0.15) is 0 Å². The number of carbonyl (C=O) groups excluding carboxylic acids is 1. The first-order valence-corrected chi connectivity index (χ1v) is 16.2. The normalized spacial score (nSPS) is 14.1. The Balaban J connectivity index is 1.18. The van der Waals surface area contributed by atoms with E-state index in [2.05, 4.69) is 28.4 Å². The SMILES string of the molecule is COc1cc(Cc2c(-c3ccc(NC(=O)C(N)COCc4ccccc4)cc3)sc3cc(O)ccc23)ccc1CN1CCCC1. The summed E-state index contributed by atoms with van der Waals surface area (Å²) in [5.41, 5.74) is 12.4. The van der Waals surface area contributed by atoms with Crippen molar-refractivity contribution in [1.82, 2.24) is 4.90 Å². The van der Waals surface area contributed by atoms with Gasteiger partial charge in [0.2, 0.25) is 5.91 Å². The van der Waals surface area contributed by atoms with Crippen molar-refractivity contribution in [2.45, 2.75) is 38.5 Å². The van der Waals surface area contributed by atoms with E-state index in [4.69, 9.17) is 15.2 Å². The van der Waals surface area contributed by atoms with Gasteiger partial charge in [-0.1, -0.05) is 54.6 Å². The van der Waals surface area contributed by atoms with E-state index in [1.807, 2.05) is 66.7 Å². The minimum atomic E-state index is -0.783. The number of methoxy groups -OCH3 is 1. The fourth-order valence-corrected chi connectivity index (χ4v) is 7.12. The van der Waals surface area contributed by atoms with E-state index in [1.54, 1.807) is 24.5 Å². The van der Waals surface area contributed by atoms with Gasteiger partial charge in [0, 0.05) is 27.4 Å². The van der Waals surface area contributed by atoms with Crippen LogP contribution in [-0.2, 0) is 29.1 Å². The number of hydrogen-bond acceptors (Lipinski definition) is 7. The van der Waals surface area contributed by atoms with Crippen molar-refractivity contribution >= 4 is 33.0 Å². The monoisotopic (exact) mass is 621 g/mol. The molecule has 1 aromatic heterocycles. The zero-order chi connectivity index (χ0) is 31.2. The molecule has 8 heteroatoms. The molecule has 1 saturated heterocycles. The Morgan fingerprint density at radius 3 is 2.51 bits per heavy atom. The number of aromatic hydroxyl groups is 1. The van der Waals surface area contributed by atoms with E-state index < -0.39 is 6.04 Å². The van der Waals surface area contributed by atoms with Crippen LogP contribution < -0.4 is 15.8 Å². The maximum Gasteiger partial charge on any atom is 0.243 e. The van der Waals surface area contributed by atoms with Gasteiger partial charge in [0.1, 0.15) is 17.5 Å². The first kappa shape index (κ1) is 30.8. The number of hydrogen-bond donors (Lipinski definition) is 3. The van der Waals surface area contributed by atoms with Crippen LogP contribution in [0.25, 0.3) is 20.5 Å². The van der Waals surface area contributed by atoms with E-state index in [-0.39, 0.29) is 18.3 Å². The molecule has 2 heterocycles. The summed E-state index contributed by atoms with van der Waals surface area (Å²) < 4.78 is 12.5. The quantitative estimate of drug-likeness (QED) is 0.140. The number of phenols is 1. The maximum absolute atomic E-state index is 12.7. The summed E-state index contributed by atoms with van der Waals surface area (Å²) in [6.45, 7) is 3.72. The van der Waals surface area contributed by atoms with Gasteiger partial charge in [0.25, 0.3) is 0 Å². The molecule has 0 bridgehead atoms. The van der Waals surface area contributed by atoms with E-state index in [9.17, 15) is 9.90 Å². The number of nitrogens with one attached hydrogen (secondary N) is 1. The van der Waals surface area contributed by atoms with Crippen molar-refractivity contribution in [3.8, 4) is 21.9 Å². The predicted octanol–water partition coefficient (Wildman–Crippen LogP) is 6.95. The molecule has 232 valence electrons. The van der Waals surface area contributed by atoms with Gasteiger partial charge >= 0.3 is 0 Å². The predicted molar refractivity (Wildman–Crippen MR) is 182 cm³/mol. The van der Waals surface area contributed by atoms with Gasteiger partial charge < -0.3 is 25.6 Å². The van der Waals surface area contributed by atoms with Gasteiger partial charge in [-0.25, -0.2) is 0 Å². The van der Waals surface area contributed by atoms with Gasteiger partial charge in [0.05, 0.1) is 20.3 Å². The Morgan fingerprint density at radius 2 is 1.76 bits per heavy atom. The van der Waals surface area contributed by atoms with Crippen molar-refractivity contribution in [3.05, 3.63) is 113 Å². The van der Waals surface area contributed by atoms with Crippen molar-refractivity contribution in [1.29, 1.82) is 0 Å². The molecule has 0 radical (unpaired) electrons. The largest absolute Gasteiger partial charge is 0.508 e. The number of rotatable bonds is 12. The fraction of sp³-hybridized carbons (Fsp3) is 0.270. The van der Waals surface area contributed by atoms with Crippen molar-refractivity contribution in [3.63, 3.8) is 0 Å². The van der Waals surface area contributed by atoms with E-state index in [0.717, 1.165) is 57.9 Å². The number of anilines is 1. The fourth-order valence-electron chi connectivity index (χ4n) is 5.86. The number of ether oxygens (including phenoxy) is 2. The highest BCUT2D eigenvalue weighted by Crippen LogP contribution is 2.42. The molecule has 45 heavy (non-hydrogen) atoms. The number of nitrogens with two attached hydrogens (primary N) is 1. The van der Waals surface area contributed by atoms with Gasteiger partial charge in [-0.05, 0) is 96.4 Å². The summed E-state index contributed by atoms with van der Waals surface area (Å²) in [7, 11) is 1.74. The van der Waals surface area contributed by atoms with E-state index in [0.29, 0.717) is 12.3 Å². The van der Waals surface area contributed by atoms with Crippen LogP contribution in [0, 0.1) is 0 Å². The molecule has 4 aromatic carbocycles. The lowest BCUT2D eigenvalue weighted by Crippen LogP contribution is -2.39. The summed E-state index contributed by atoms with van der Waals surface area (Å²) in [5, 5.41) is 14.2. The Hall–Kier alpha value is -4.21. The molecular weight excluding hydrogens is 582 g/mol. The highest BCUT2D eigenvalue weighted by Gasteiger charge is 2.19. The second-order valence-electron chi connectivity index (χ2n) is 11.6. The number of thiophene rings is 1. The molecule has 1 aliphatic rings. The molecule has 1 unspecified atom stereocenters. The molecule has 5 aromatic rings. The molecule has 1 fully saturated rings. The number of phenolic OH excluding ortho intramolecular Hbond substituents is 1. The number of likely N-dealkylation sites (tertiary alicyclic amines) is 1. The lowest BCUT2D eigenvalue weighted by molar-refractivity contribution is -0.118. The topological polar surface area (TPSA) is 97.0 Å². The van der Waals surface area contributed by atoms with Gasteiger partial charge in [-0.3, -0.25) is 9.69 Å². The molecule has 4 N–H and O–H groups in total. The van der Waals surface area contributed by atoms with Crippen molar-refractivity contribution in [2.75, 3.05) is 32.1 Å². The van der Waals surface area contributed by atoms with Crippen LogP contribution in [0.3, 0.4) is 0 Å². The number of benzene rings is 4. The third kappa shape index (κ3) is 7.54. The number of amides is 1. The van der Waals surface area contributed by atoms with E-state index in [1.165, 1.54) is 29.5 Å². The summed E-state index contributed by atoms with van der Waals surface area (Å²) in [6, 6.07) is 28.9. The Kier molecular flexibility index (Phi) is 9.76. The molecule has 0 spiro atoms. The van der Waals surface area contributed by atoms with Crippen LogP contribution in [0.4, 0.5) is 5.69 Å². The van der Waals surface area contributed by atoms with Crippen LogP contribution in [0.1, 0.15) is 35.1 Å². The summed E-state index contributed by atoms with van der Waals surface area (Å²) in [6.07, 6.45) is 3.24. The number of nitrogens with zero attached hydrogens (tertiary/aromatic N) is 1. The standard InChI is InChI=1S/C37H39N3O4S/c1-43-34-20-26(9-10-28(34)22-40-17-5-6-18-40)19-32-31-16-15-30(41)21-35(31)45-36(32)27-11-13-29(14-12-27)39-37(42)33(38)24-44-23-25-7-3-2-4-8-25/h2-4,7-16,20-21,33,41H,5-6,17-19,22-24,38H2,1H3,(H,39,42). The summed E-state index contributed by atoms with van der Waals surface area (Å²) >= 11 is 1.65. The molecule has 7 nitrogen and oxygen atoms in total. The third-order valence-corrected chi connectivity index (χ3v) is 9.51. The highest BCUT2D eigenvalue weighted by molar-refractivity contribution is 7.22. The maximum atomic E-state index is 12.7. The van der Waals surface area contributed by atoms with Crippen LogP contribution in [0.2, 0.25) is 0 Å². The van der Waals surface area contributed by atoms with Crippen LogP contribution in [0.15, 0.2) is 91.0 Å². The zero-order valence-electron chi connectivity index (χ0n) is 25.5. The summed E-state index contributed by atoms with van der Waals surface area (Å²) in [5.74, 6) is 0.870. The third-order valence-electron chi connectivity index (χ3n) is 8.26. The molecule has 0 aliphatic carbocycles. The number of fused-ring (bicyclic) bond motifs is 1. The first-order valence-electron chi connectivity index (χ1n) is 15.4. The Morgan fingerprint density at radius 1 is 0.978 bits per heavy atom. The van der Waals surface area contributed by atoms with Crippen molar-refractivity contribution < 1.29 is 19.4 Å².